The molecule has 1 aromatic heterocycles. The summed E-state index contributed by atoms with van der Waals surface area (Å²) in [6, 6.07) is 2.07. The van der Waals surface area contributed by atoms with Crippen LogP contribution in [0.3, 0.4) is 0 Å². The van der Waals surface area contributed by atoms with Gasteiger partial charge >= 0.3 is 0 Å². The maximum atomic E-state index is 4.59. The number of piperidine rings is 1. The Labute approximate surface area is 128 Å². The average Bonchev–Trinajstić information content (AvgIpc) is 2.47. The molecule has 0 aromatic carbocycles. The monoisotopic (exact) mass is 291 g/mol. The molecule has 1 fully saturated rings. The van der Waals surface area contributed by atoms with Gasteiger partial charge in [-0.25, -0.2) is 9.97 Å². The Balaban J connectivity index is 1.97. The van der Waals surface area contributed by atoms with E-state index in [1.54, 1.807) is 0 Å². The zero-order valence-corrected chi connectivity index (χ0v) is 13.9. The van der Waals surface area contributed by atoms with Crippen molar-refractivity contribution in [3.63, 3.8) is 0 Å². The first-order valence-electron chi connectivity index (χ1n) is 8.07. The number of rotatable bonds is 6. The van der Waals surface area contributed by atoms with Gasteiger partial charge in [-0.15, -0.1) is 0 Å². The molecule has 2 rings (SSSR count). The number of anilines is 2. The van der Waals surface area contributed by atoms with Crippen molar-refractivity contribution in [2.24, 2.45) is 5.92 Å². The predicted molar refractivity (Wildman–Crippen MR) is 89.0 cm³/mol. The normalized spacial score (nSPS) is 17.0. The maximum Gasteiger partial charge on any atom is 0.134 e. The second-order valence-electron chi connectivity index (χ2n) is 6.21. The number of hydrogen-bond donors (Lipinski definition) is 1. The van der Waals surface area contributed by atoms with Crippen molar-refractivity contribution in [1.29, 1.82) is 0 Å². The van der Waals surface area contributed by atoms with Gasteiger partial charge in [0.1, 0.15) is 17.5 Å². The fourth-order valence-electron chi connectivity index (χ4n) is 2.82. The Morgan fingerprint density at radius 2 is 2.05 bits per heavy atom. The first kappa shape index (κ1) is 16.0. The Morgan fingerprint density at radius 1 is 1.33 bits per heavy atom. The zero-order chi connectivity index (χ0) is 15.2. The van der Waals surface area contributed by atoms with Crippen LogP contribution >= 0.6 is 0 Å². The van der Waals surface area contributed by atoms with E-state index in [4.69, 9.17) is 0 Å². The molecule has 5 nitrogen and oxygen atoms in total. The SMILES string of the molecule is CCCNc1cc(N(C)CC2CCN(C)CC2)nc(C)n1. The molecular weight excluding hydrogens is 262 g/mol. The van der Waals surface area contributed by atoms with Crippen LogP contribution in [-0.4, -0.2) is 55.1 Å². The van der Waals surface area contributed by atoms with Crippen LogP contribution in [0.25, 0.3) is 0 Å². The Hall–Kier alpha value is -1.36. The molecule has 0 bridgehead atoms. The largest absolute Gasteiger partial charge is 0.370 e. The van der Waals surface area contributed by atoms with E-state index in [0.717, 1.165) is 42.9 Å². The molecule has 5 heteroatoms. The molecule has 0 aliphatic carbocycles. The van der Waals surface area contributed by atoms with Crippen LogP contribution in [0.15, 0.2) is 6.07 Å². The van der Waals surface area contributed by atoms with Gasteiger partial charge in [-0.2, -0.15) is 0 Å². The predicted octanol–water partition coefficient (Wildman–Crippen LogP) is 2.38. The van der Waals surface area contributed by atoms with Crippen LogP contribution in [0.4, 0.5) is 11.6 Å². The lowest BCUT2D eigenvalue weighted by Gasteiger charge is -2.32. The summed E-state index contributed by atoms with van der Waals surface area (Å²) in [5, 5.41) is 3.36. The molecule has 0 spiro atoms. The Bertz CT molecular complexity index is 440. The highest BCUT2D eigenvalue weighted by atomic mass is 15.2. The summed E-state index contributed by atoms with van der Waals surface area (Å²) >= 11 is 0. The van der Waals surface area contributed by atoms with E-state index in [2.05, 4.69) is 52.2 Å². The van der Waals surface area contributed by atoms with Gasteiger partial charge in [0.05, 0.1) is 0 Å². The third-order valence-electron chi connectivity index (χ3n) is 4.14. The molecule has 21 heavy (non-hydrogen) atoms. The molecule has 1 aromatic rings. The second kappa shape index (κ2) is 7.59. The molecule has 118 valence electrons. The highest BCUT2D eigenvalue weighted by Gasteiger charge is 2.19. The van der Waals surface area contributed by atoms with Crippen molar-refractivity contribution in [2.45, 2.75) is 33.1 Å². The van der Waals surface area contributed by atoms with E-state index in [1.807, 2.05) is 6.92 Å². The maximum absolute atomic E-state index is 4.59. The van der Waals surface area contributed by atoms with Crippen molar-refractivity contribution in [1.82, 2.24) is 14.9 Å². The van der Waals surface area contributed by atoms with Crippen molar-refractivity contribution < 1.29 is 0 Å². The number of aromatic nitrogens is 2. The van der Waals surface area contributed by atoms with E-state index in [0.29, 0.717) is 0 Å². The van der Waals surface area contributed by atoms with Gasteiger partial charge in [-0.05, 0) is 52.2 Å². The third-order valence-corrected chi connectivity index (χ3v) is 4.14. The molecule has 0 unspecified atom stereocenters. The quantitative estimate of drug-likeness (QED) is 0.872. The molecule has 0 saturated carbocycles. The van der Waals surface area contributed by atoms with E-state index in [-0.39, 0.29) is 0 Å². The van der Waals surface area contributed by atoms with Crippen LogP contribution in [0.5, 0.6) is 0 Å². The van der Waals surface area contributed by atoms with Crippen LogP contribution < -0.4 is 10.2 Å². The lowest BCUT2D eigenvalue weighted by molar-refractivity contribution is 0.222. The number of nitrogens with one attached hydrogen (secondary N) is 1. The topological polar surface area (TPSA) is 44.3 Å². The van der Waals surface area contributed by atoms with Gasteiger partial charge in [0.25, 0.3) is 0 Å². The van der Waals surface area contributed by atoms with E-state index >= 15 is 0 Å². The highest BCUT2D eigenvalue weighted by molar-refractivity contribution is 5.49. The minimum atomic E-state index is 0.772. The molecule has 0 radical (unpaired) electrons. The number of nitrogens with zero attached hydrogens (tertiary/aromatic N) is 4. The highest BCUT2D eigenvalue weighted by Crippen LogP contribution is 2.21. The van der Waals surface area contributed by atoms with Gasteiger partial charge in [0, 0.05) is 26.2 Å². The van der Waals surface area contributed by atoms with Crippen molar-refractivity contribution in [3.05, 3.63) is 11.9 Å². The smallest absolute Gasteiger partial charge is 0.134 e. The molecule has 0 amide bonds. The van der Waals surface area contributed by atoms with E-state index < -0.39 is 0 Å². The minimum Gasteiger partial charge on any atom is -0.370 e. The van der Waals surface area contributed by atoms with Crippen LogP contribution in [-0.2, 0) is 0 Å². The summed E-state index contributed by atoms with van der Waals surface area (Å²) in [5.74, 6) is 3.57. The molecule has 1 saturated heterocycles. The summed E-state index contributed by atoms with van der Waals surface area (Å²) in [5.41, 5.74) is 0. The van der Waals surface area contributed by atoms with Crippen LogP contribution in [0.1, 0.15) is 32.0 Å². The van der Waals surface area contributed by atoms with Gasteiger partial charge in [0.2, 0.25) is 0 Å². The Morgan fingerprint density at radius 3 is 2.71 bits per heavy atom. The molecular formula is C16H29N5. The fourth-order valence-corrected chi connectivity index (χ4v) is 2.82. The number of hydrogen-bond acceptors (Lipinski definition) is 5. The summed E-state index contributed by atoms with van der Waals surface area (Å²) in [7, 11) is 4.35. The van der Waals surface area contributed by atoms with Gasteiger partial charge < -0.3 is 15.1 Å². The van der Waals surface area contributed by atoms with E-state index in [9.17, 15) is 0 Å². The van der Waals surface area contributed by atoms with Gasteiger partial charge in [0.15, 0.2) is 0 Å². The fraction of sp³-hybridized carbons (Fsp3) is 0.750. The first-order valence-corrected chi connectivity index (χ1v) is 8.07. The lowest BCUT2D eigenvalue weighted by Crippen LogP contribution is -2.36. The molecule has 1 aliphatic rings. The standard InChI is InChI=1S/C16H29N5/c1-5-8-17-15-11-16(19-13(2)18-15)21(4)12-14-6-9-20(3)10-7-14/h11,14H,5-10,12H2,1-4H3,(H,17,18,19). The average molecular weight is 291 g/mol. The summed E-state index contributed by atoms with van der Waals surface area (Å²) in [4.78, 5) is 13.7. The second-order valence-corrected chi connectivity index (χ2v) is 6.21. The minimum absolute atomic E-state index is 0.772. The third kappa shape index (κ3) is 4.84. The Kier molecular flexibility index (Phi) is 5.79. The summed E-state index contributed by atoms with van der Waals surface area (Å²) in [6.45, 7) is 8.58. The van der Waals surface area contributed by atoms with Gasteiger partial charge in [-0.1, -0.05) is 6.92 Å². The van der Waals surface area contributed by atoms with Crippen molar-refractivity contribution >= 4 is 11.6 Å². The van der Waals surface area contributed by atoms with Crippen molar-refractivity contribution in [2.75, 3.05) is 50.5 Å². The molecule has 0 atom stereocenters. The van der Waals surface area contributed by atoms with E-state index in [1.165, 1.54) is 25.9 Å². The molecule has 1 N–H and O–H groups in total. The van der Waals surface area contributed by atoms with Crippen molar-refractivity contribution in [3.8, 4) is 0 Å². The summed E-state index contributed by atoms with van der Waals surface area (Å²) < 4.78 is 0. The first-order chi connectivity index (χ1) is 10.1. The zero-order valence-electron chi connectivity index (χ0n) is 13.9. The number of likely N-dealkylation sites (tertiary alicyclic amines) is 1. The van der Waals surface area contributed by atoms with Crippen LogP contribution in [0.2, 0.25) is 0 Å². The molecule has 2 heterocycles. The lowest BCUT2D eigenvalue weighted by atomic mass is 9.97. The molecule has 1 aliphatic heterocycles. The van der Waals surface area contributed by atoms with Gasteiger partial charge in [-0.3, -0.25) is 0 Å². The number of aryl methyl sites for hydroxylation is 1. The van der Waals surface area contributed by atoms with Crippen LogP contribution in [0, 0.1) is 12.8 Å². The summed E-state index contributed by atoms with van der Waals surface area (Å²) in [6.07, 6.45) is 3.67.